The third-order valence-corrected chi connectivity index (χ3v) is 3.29. The number of anilines is 2. The zero-order valence-corrected chi connectivity index (χ0v) is 11.3. The maximum Gasteiger partial charge on any atom is 0.228 e. The third-order valence-electron chi connectivity index (χ3n) is 3.29. The van der Waals surface area contributed by atoms with Gasteiger partial charge in [0.1, 0.15) is 5.82 Å². The van der Waals surface area contributed by atoms with E-state index in [1.165, 1.54) is 0 Å². The molecule has 0 radical (unpaired) electrons. The van der Waals surface area contributed by atoms with Crippen LogP contribution in [-0.4, -0.2) is 50.4 Å². The second-order valence-corrected chi connectivity index (χ2v) is 4.86. The van der Waals surface area contributed by atoms with Crippen LogP contribution in [0, 0.1) is 0 Å². The topological polar surface area (TPSA) is 41.5 Å². The lowest BCUT2D eigenvalue weighted by atomic mass is 10.2. The molecule has 0 atom stereocenters. The largest absolute Gasteiger partial charge is 0.378 e. The molecule has 0 bridgehead atoms. The van der Waals surface area contributed by atoms with Crippen molar-refractivity contribution in [1.82, 2.24) is 9.97 Å². The van der Waals surface area contributed by atoms with Crippen LogP contribution in [0.5, 0.6) is 0 Å². The van der Waals surface area contributed by atoms with Crippen LogP contribution in [-0.2, 0) is 4.74 Å². The molecular formula is C14H18N4O. The SMILES string of the molecule is CN(C)c1nc(N2CCOCC2)nc2ccccc12. The van der Waals surface area contributed by atoms with E-state index in [-0.39, 0.29) is 0 Å². The summed E-state index contributed by atoms with van der Waals surface area (Å²) < 4.78 is 5.38. The minimum absolute atomic E-state index is 0.744. The molecule has 5 nitrogen and oxygen atoms in total. The fourth-order valence-electron chi connectivity index (χ4n) is 2.29. The van der Waals surface area contributed by atoms with Gasteiger partial charge in [-0.1, -0.05) is 12.1 Å². The monoisotopic (exact) mass is 258 g/mol. The van der Waals surface area contributed by atoms with Crippen molar-refractivity contribution in [3.8, 4) is 0 Å². The molecule has 0 amide bonds. The summed E-state index contributed by atoms with van der Waals surface area (Å²) in [7, 11) is 4.02. The molecule has 1 fully saturated rings. The Morgan fingerprint density at radius 1 is 1.11 bits per heavy atom. The Labute approximate surface area is 112 Å². The minimum Gasteiger partial charge on any atom is -0.378 e. The molecule has 3 rings (SSSR count). The maximum atomic E-state index is 5.38. The van der Waals surface area contributed by atoms with Gasteiger partial charge in [-0.2, -0.15) is 4.98 Å². The summed E-state index contributed by atoms with van der Waals surface area (Å²) in [6, 6.07) is 8.13. The first-order valence-electron chi connectivity index (χ1n) is 6.52. The van der Waals surface area contributed by atoms with E-state index in [1.807, 2.05) is 37.2 Å². The van der Waals surface area contributed by atoms with Crippen LogP contribution in [0.4, 0.5) is 11.8 Å². The van der Waals surface area contributed by atoms with Crippen molar-refractivity contribution in [3.63, 3.8) is 0 Å². The lowest BCUT2D eigenvalue weighted by molar-refractivity contribution is 0.122. The highest BCUT2D eigenvalue weighted by Crippen LogP contribution is 2.25. The van der Waals surface area contributed by atoms with E-state index < -0.39 is 0 Å². The zero-order chi connectivity index (χ0) is 13.2. The van der Waals surface area contributed by atoms with Crippen LogP contribution in [0.15, 0.2) is 24.3 Å². The number of benzene rings is 1. The van der Waals surface area contributed by atoms with Crippen LogP contribution in [0.1, 0.15) is 0 Å². The molecule has 0 unspecified atom stereocenters. The molecule has 0 N–H and O–H groups in total. The predicted octanol–water partition coefficient (Wildman–Crippen LogP) is 1.53. The molecule has 1 aliphatic rings. The molecule has 19 heavy (non-hydrogen) atoms. The third kappa shape index (κ3) is 2.33. The van der Waals surface area contributed by atoms with Gasteiger partial charge in [0.15, 0.2) is 0 Å². The fraction of sp³-hybridized carbons (Fsp3) is 0.429. The lowest BCUT2D eigenvalue weighted by Crippen LogP contribution is -2.37. The molecule has 2 heterocycles. The molecule has 0 spiro atoms. The van der Waals surface area contributed by atoms with E-state index in [9.17, 15) is 0 Å². The smallest absolute Gasteiger partial charge is 0.228 e. The van der Waals surface area contributed by atoms with Crippen molar-refractivity contribution in [2.45, 2.75) is 0 Å². The van der Waals surface area contributed by atoms with Gasteiger partial charge in [-0.3, -0.25) is 0 Å². The van der Waals surface area contributed by atoms with E-state index in [0.29, 0.717) is 0 Å². The number of hydrogen-bond acceptors (Lipinski definition) is 5. The van der Waals surface area contributed by atoms with Gasteiger partial charge in [-0.15, -0.1) is 0 Å². The van der Waals surface area contributed by atoms with Gasteiger partial charge in [0, 0.05) is 32.6 Å². The van der Waals surface area contributed by atoms with Crippen molar-refractivity contribution in [1.29, 1.82) is 0 Å². The molecule has 0 saturated carbocycles. The molecule has 1 aliphatic heterocycles. The summed E-state index contributed by atoms with van der Waals surface area (Å²) in [4.78, 5) is 13.6. The van der Waals surface area contributed by atoms with Crippen LogP contribution >= 0.6 is 0 Å². The highest BCUT2D eigenvalue weighted by atomic mass is 16.5. The summed E-state index contributed by atoms with van der Waals surface area (Å²) in [5.41, 5.74) is 0.989. The molecular weight excluding hydrogens is 240 g/mol. The van der Waals surface area contributed by atoms with E-state index in [0.717, 1.165) is 49.0 Å². The maximum absolute atomic E-state index is 5.38. The van der Waals surface area contributed by atoms with E-state index in [4.69, 9.17) is 9.72 Å². The highest BCUT2D eigenvalue weighted by molar-refractivity contribution is 5.90. The van der Waals surface area contributed by atoms with E-state index in [2.05, 4.69) is 16.0 Å². The second kappa shape index (κ2) is 5.01. The Balaban J connectivity index is 2.10. The average Bonchev–Trinajstić information content (AvgIpc) is 2.47. The summed E-state index contributed by atoms with van der Waals surface area (Å²) in [6.07, 6.45) is 0. The number of nitrogens with zero attached hydrogens (tertiary/aromatic N) is 4. The number of ether oxygens (including phenoxy) is 1. The Morgan fingerprint density at radius 2 is 1.84 bits per heavy atom. The Morgan fingerprint density at radius 3 is 2.58 bits per heavy atom. The van der Waals surface area contributed by atoms with Crippen LogP contribution in [0.3, 0.4) is 0 Å². The Bertz CT molecular complexity index is 579. The van der Waals surface area contributed by atoms with Crippen LogP contribution in [0.25, 0.3) is 10.9 Å². The van der Waals surface area contributed by atoms with Crippen LogP contribution < -0.4 is 9.80 Å². The number of fused-ring (bicyclic) bond motifs is 1. The van der Waals surface area contributed by atoms with Gasteiger partial charge in [0.05, 0.1) is 18.7 Å². The summed E-state index contributed by atoms with van der Waals surface area (Å²) >= 11 is 0. The van der Waals surface area contributed by atoms with Gasteiger partial charge in [-0.25, -0.2) is 4.98 Å². The molecule has 1 aromatic heterocycles. The van der Waals surface area contributed by atoms with Crippen molar-refractivity contribution in [2.75, 3.05) is 50.2 Å². The average molecular weight is 258 g/mol. The quantitative estimate of drug-likeness (QED) is 0.817. The van der Waals surface area contributed by atoms with Crippen molar-refractivity contribution in [3.05, 3.63) is 24.3 Å². The number of aromatic nitrogens is 2. The molecule has 100 valence electrons. The van der Waals surface area contributed by atoms with E-state index >= 15 is 0 Å². The molecule has 1 aromatic carbocycles. The first-order valence-corrected chi connectivity index (χ1v) is 6.52. The predicted molar refractivity (Wildman–Crippen MR) is 76.9 cm³/mol. The first-order chi connectivity index (χ1) is 9.25. The standard InChI is InChI=1S/C14H18N4O/c1-17(2)13-11-5-3-4-6-12(11)15-14(16-13)18-7-9-19-10-8-18/h3-6H,7-10H2,1-2H3. The van der Waals surface area contributed by atoms with Crippen molar-refractivity contribution in [2.24, 2.45) is 0 Å². The van der Waals surface area contributed by atoms with Gasteiger partial charge in [0.25, 0.3) is 0 Å². The Kier molecular flexibility index (Phi) is 3.21. The normalized spacial score (nSPS) is 15.8. The lowest BCUT2D eigenvalue weighted by Gasteiger charge is -2.28. The zero-order valence-electron chi connectivity index (χ0n) is 11.3. The molecule has 2 aromatic rings. The fourth-order valence-corrected chi connectivity index (χ4v) is 2.29. The van der Waals surface area contributed by atoms with Crippen molar-refractivity contribution < 1.29 is 4.74 Å². The summed E-state index contributed by atoms with van der Waals surface area (Å²) in [5, 5.41) is 1.09. The van der Waals surface area contributed by atoms with E-state index in [1.54, 1.807) is 0 Å². The molecule has 0 aliphatic carbocycles. The Hall–Kier alpha value is -1.88. The number of hydrogen-bond donors (Lipinski definition) is 0. The van der Waals surface area contributed by atoms with Gasteiger partial charge in [-0.05, 0) is 12.1 Å². The summed E-state index contributed by atoms with van der Waals surface area (Å²) in [6.45, 7) is 3.19. The number of morpholine rings is 1. The number of para-hydroxylation sites is 1. The van der Waals surface area contributed by atoms with Crippen LogP contribution in [0.2, 0.25) is 0 Å². The summed E-state index contributed by atoms with van der Waals surface area (Å²) in [5.74, 6) is 1.76. The van der Waals surface area contributed by atoms with Gasteiger partial charge < -0.3 is 14.5 Å². The van der Waals surface area contributed by atoms with Gasteiger partial charge in [0.2, 0.25) is 5.95 Å². The van der Waals surface area contributed by atoms with Crippen molar-refractivity contribution >= 4 is 22.7 Å². The second-order valence-electron chi connectivity index (χ2n) is 4.86. The number of rotatable bonds is 2. The molecule has 1 saturated heterocycles. The first kappa shape index (κ1) is 12.2. The highest BCUT2D eigenvalue weighted by Gasteiger charge is 2.16. The van der Waals surface area contributed by atoms with Gasteiger partial charge >= 0.3 is 0 Å². The minimum atomic E-state index is 0.744. The molecule has 5 heteroatoms.